The third-order valence-electron chi connectivity index (χ3n) is 6.49. The summed E-state index contributed by atoms with van der Waals surface area (Å²) in [5, 5.41) is 7.40. The standard InChI is InChI=1S/C22H36N6S/c1-16-12-17(2)15-28(14-16)20-13-19(27-10-6-3-7-11-27)24-21(25-20)26-22(29)23-18-8-4-5-9-18/h13,16-18H,3-12,14-15H2,1-2H3,(H2,23,24,25,26,29)/t16-,17-/m0/s1. The van der Waals surface area contributed by atoms with Gasteiger partial charge in [0.1, 0.15) is 11.6 Å². The fourth-order valence-electron chi connectivity index (χ4n) is 5.17. The van der Waals surface area contributed by atoms with Gasteiger partial charge in [0.2, 0.25) is 5.95 Å². The number of rotatable bonds is 4. The van der Waals surface area contributed by atoms with Gasteiger partial charge in [-0.25, -0.2) is 0 Å². The topological polar surface area (TPSA) is 56.3 Å². The highest BCUT2D eigenvalue weighted by atomic mass is 32.1. The summed E-state index contributed by atoms with van der Waals surface area (Å²) < 4.78 is 0. The van der Waals surface area contributed by atoms with E-state index in [-0.39, 0.29) is 0 Å². The van der Waals surface area contributed by atoms with E-state index in [4.69, 9.17) is 22.2 Å². The molecule has 2 aliphatic heterocycles. The van der Waals surface area contributed by atoms with E-state index in [2.05, 4.69) is 40.3 Å². The zero-order chi connectivity index (χ0) is 20.2. The average Bonchev–Trinajstić information content (AvgIpc) is 3.20. The molecule has 0 amide bonds. The van der Waals surface area contributed by atoms with Crippen molar-refractivity contribution in [1.82, 2.24) is 15.3 Å². The molecule has 29 heavy (non-hydrogen) atoms. The molecule has 7 heteroatoms. The van der Waals surface area contributed by atoms with Gasteiger partial charge in [-0.2, -0.15) is 9.97 Å². The van der Waals surface area contributed by atoms with Gasteiger partial charge >= 0.3 is 0 Å². The van der Waals surface area contributed by atoms with Gasteiger partial charge in [-0.15, -0.1) is 0 Å². The van der Waals surface area contributed by atoms with Crippen molar-refractivity contribution in [1.29, 1.82) is 0 Å². The smallest absolute Gasteiger partial charge is 0.232 e. The Morgan fingerprint density at radius 1 is 0.931 bits per heavy atom. The Morgan fingerprint density at radius 2 is 1.55 bits per heavy atom. The lowest BCUT2D eigenvalue weighted by Crippen LogP contribution is -2.40. The minimum atomic E-state index is 0.489. The normalized spacial score (nSPS) is 25.9. The Balaban J connectivity index is 1.54. The minimum absolute atomic E-state index is 0.489. The fraction of sp³-hybridized carbons (Fsp3) is 0.773. The van der Waals surface area contributed by atoms with Crippen LogP contribution in [0.4, 0.5) is 17.6 Å². The molecule has 1 saturated carbocycles. The molecule has 1 aromatic rings. The van der Waals surface area contributed by atoms with E-state index in [1.165, 1.54) is 51.4 Å². The van der Waals surface area contributed by atoms with E-state index in [1.54, 1.807) is 0 Å². The molecule has 0 unspecified atom stereocenters. The van der Waals surface area contributed by atoms with Crippen molar-refractivity contribution in [3.8, 4) is 0 Å². The molecule has 3 heterocycles. The molecule has 160 valence electrons. The van der Waals surface area contributed by atoms with Crippen molar-refractivity contribution in [2.45, 2.75) is 71.3 Å². The van der Waals surface area contributed by atoms with E-state index >= 15 is 0 Å². The maximum Gasteiger partial charge on any atom is 0.232 e. The van der Waals surface area contributed by atoms with Crippen molar-refractivity contribution < 1.29 is 0 Å². The van der Waals surface area contributed by atoms with Crippen LogP contribution in [0.2, 0.25) is 0 Å². The molecule has 3 aliphatic rings. The lowest BCUT2D eigenvalue weighted by atomic mass is 9.92. The molecule has 1 aliphatic carbocycles. The summed E-state index contributed by atoms with van der Waals surface area (Å²) in [4.78, 5) is 14.6. The molecule has 0 radical (unpaired) electrons. The lowest BCUT2D eigenvalue weighted by molar-refractivity contribution is 0.355. The second-order valence-electron chi connectivity index (χ2n) is 9.39. The van der Waals surface area contributed by atoms with Crippen LogP contribution in [0.15, 0.2) is 6.07 Å². The van der Waals surface area contributed by atoms with Crippen LogP contribution in [0.5, 0.6) is 0 Å². The van der Waals surface area contributed by atoms with Crippen LogP contribution in [0.3, 0.4) is 0 Å². The van der Waals surface area contributed by atoms with Gasteiger partial charge in [-0.3, -0.25) is 0 Å². The van der Waals surface area contributed by atoms with E-state index in [9.17, 15) is 0 Å². The highest BCUT2D eigenvalue weighted by Gasteiger charge is 2.25. The van der Waals surface area contributed by atoms with E-state index in [1.807, 2.05) is 0 Å². The predicted molar refractivity (Wildman–Crippen MR) is 125 cm³/mol. The molecule has 0 bridgehead atoms. The van der Waals surface area contributed by atoms with Gasteiger partial charge in [0.25, 0.3) is 0 Å². The summed E-state index contributed by atoms with van der Waals surface area (Å²) in [6.07, 6.45) is 10.1. The second kappa shape index (κ2) is 9.45. The van der Waals surface area contributed by atoms with Gasteiger partial charge < -0.3 is 20.4 Å². The third-order valence-corrected chi connectivity index (χ3v) is 6.71. The third kappa shape index (κ3) is 5.50. The van der Waals surface area contributed by atoms with Gasteiger partial charge in [-0.1, -0.05) is 26.7 Å². The number of piperidine rings is 2. The zero-order valence-electron chi connectivity index (χ0n) is 18.0. The van der Waals surface area contributed by atoms with Crippen molar-refractivity contribution >= 4 is 34.9 Å². The molecule has 0 aromatic carbocycles. The van der Waals surface area contributed by atoms with Crippen LogP contribution in [-0.2, 0) is 0 Å². The second-order valence-corrected chi connectivity index (χ2v) is 9.79. The number of anilines is 3. The largest absolute Gasteiger partial charge is 0.360 e. The minimum Gasteiger partial charge on any atom is -0.360 e. The predicted octanol–water partition coefficient (Wildman–Crippen LogP) is 4.18. The first-order chi connectivity index (χ1) is 14.1. The molecule has 2 atom stereocenters. The summed E-state index contributed by atoms with van der Waals surface area (Å²) in [5.74, 6) is 4.07. The number of hydrogen-bond acceptors (Lipinski definition) is 5. The Bertz CT molecular complexity index is 689. The van der Waals surface area contributed by atoms with Crippen LogP contribution in [0, 0.1) is 11.8 Å². The molecule has 6 nitrogen and oxygen atoms in total. The molecule has 2 N–H and O–H groups in total. The molecule has 3 fully saturated rings. The van der Waals surface area contributed by atoms with Gasteiger partial charge in [0, 0.05) is 38.3 Å². The summed E-state index contributed by atoms with van der Waals surface area (Å²) in [6, 6.07) is 2.68. The maximum atomic E-state index is 5.58. The van der Waals surface area contributed by atoms with Gasteiger partial charge in [-0.05, 0) is 62.6 Å². The van der Waals surface area contributed by atoms with E-state index in [0.717, 1.165) is 37.8 Å². The SMILES string of the molecule is C[C@H]1C[C@H](C)CN(c2cc(N3CCCCC3)nc(NC(=S)NC3CCCC3)n2)C1. The first kappa shape index (κ1) is 20.6. The molecule has 2 saturated heterocycles. The van der Waals surface area contributed by atoms with Crippen molar-refractivity contribution in [2.24, 2.45) is 11.8 Å². The number of aromatic nitrogens is 2. The van der Waals surface area contributed by atoms with E-state index in [0.29, 0.717) is 28.9 Å². The highest BCUT2D eigenvalue weighted by Crippen LogP contribution is 2.29. The summed E-state index contributed by atoms with van der Waals surface area (Å²) in [7, 11) is 0. The average molecular weight is 417 g/mol. The summed E-state index contributed by atoms with van der Waals surface area (Å²) in [5.41, 5.74) is 0. The monoisotopic (exact) mass is 416 g/mol. The number of nitrogens with zero attached hydrogens (tertiary/aromatic N) is 4. The maximum absolute atomic E-state index is 5.58. The van der Waals surface area contributed by atoms with Gasteiger partial charge in [0.05, 0.1) is 0 Å². The first-order valence-corrected chi connectivity index (χ1v) is 11.9. The number of hydrogen-bond donors (Lipinski definition) is 2. The molecular formula is C22H36N6S. The Morgan fingerprint density at radius 3 is 2.21 bits per heavy atom. The van der Waals surface area contributed by atoms with Crippen LogP contribution in [0.25, 0.3) is 0 Å². The number of nitrogens with one attached hydrogen (secondary N) is 2. The molecule has 1 aromatic heterocycles. The molecular weight excluding hydrogens is 380 g/mol. The zero-order valence-corrected chi connectivity index (χ0v) is 18.8. The molecule has 0 spiro atoms. The van der Waals surface area contributed by atoms with Crippen LogP contribution in [-0.4, -0.2) is 47.3 Å². The Hall–Kier alpha value is -1.63. The molecule has 4 rings (SSSR count). The van der Waals surface area contributed by atoms with Crippen molar-refractivity contribution in [3.63, 3.8) is 0 Å². The van der Waals surface area contributed by atoms with Crippen molar-refractivity contribution in [3.05, 3.63) is 6.07 Å². The summed E-state index contributed by atoms with van der Waals surface area (Å²) >= 11 is 5.58. The Labute approximate surface area is 180 Å². The number of thiocarbonyl (C=S) groups is 1. The van der Waals surface area contributed by atoms with Crippen LogP contribution < -0.4 is 20.4 Å². The van der Waals surface area contributed by atoms with Gasteiger partial charge in [0.15, 0.2) is 5.11 Å². The Kier molecular flexibility index (Phi) is 6.73. The van der Waals surface area contributed by atoms with Crippen LogP contribution in [0.1, 0.15) is 65.2 Å². The summed E-state index contributed by atoms with van der Waals surface area (Å²) in [6.45, 7) is 8.96. The van der Waals surface area contributed by atoms with Crippen molar-refractivity contribution in [2.75, 3.05) is 41.3 Å². The fourth-order valence-corrected chi connectivity index (χ4v) is 5.43. The van der Waals surface area contributed by atoms with Crippen LogP contribution >= 0.6 is 12.2 Å². The first-order valence-electron chi connectivity index (χ1n) is 11.5. The highest BCUT2D eigenvalue weighted by molar-refractivity contribution is 7.80. The quantitative estimate of drug-likeness (QED) is 0.714. The van der Waals surface area contributed by atoms with E-state index < -0.39 is 0 Å². The lowest BCUT2D eigenvalue weighted by Gasteiger charge is -2.36.